The van der Waals surface area contributed by atoms with Gasteiger partial charge in [-0.25, -0.2) is 4.79 Å². The second kappa shape index (κ2) is 7.72. The molecule has 1 aromatic rings. The zero-order valence-electron chi connectivity index (χ0n) is 11.5. The Labute approximate surface area is 120 Å². The van der Waals surface area contributed by atoms with E-state index in [2.05, 4.69) is 10.1 Å². The zero-order valence-corrected chi connectivity index (χ0v) is 11.5. The highest BCUT2D eigenvalue weighted by Gasteiger charge is 2.30. The van der Waals surface area contributed by atoms with Gasteiger partial charge in [0.25, 0.3) is 0 Å². The molecule has 5 nitrogen and oxygen atoms in total. The van der Waals surface area contributed by atoms with Crippen molar-refractivity contribution >= 4 is 11.7 Å². The topological polar surface area (TPSA) is 61.8 Å². The third kappa shape index (κ3) is 6.35. The lowest BCUT2D eigenvalue weighted by atomic mass is 10.3. The first-order chi connectivity index (χ1) is 9.85. The maximum absolute atomic E-state index is 12.0. The van der Waals surface area contributed by atoms with Gasteiger partial charge >= 0.3 is 12.4 Å². The van der Waals surface area contributed by atoms with Crippen molar-refractivity contribution in [1.82, 2.24) is 4.90 Å². The van der Waals surface area contributed by atoms with Gasteiger partial charge in [-0.3, -0.25) is 0 Å². The Morgan fingerprint density at radius 2 is 1.90 bits per heavy atom. The van der Waals surface area contributed by atoms with Crippen LogP contribution in [0.25, 0.3) is 0 Å². The number of carbonyl (C=O) groups excluding carboxylic acids is 1. The minimum Gasteiger partial charge on any atom is -0.406 e. The van der Waals surface area contributed by atoms with Crippen molar-refractivity contribution in [3.8, 4) is 5.75 Å². The van der Waals surface area contributed by atoms with Gasteiger partial charge in [-0.05, 0) is 30.7 Å². The van der Waals surface area contributed by atoms with Gasteiger partial charge in [-0.2, -0.15) is 0 Å². The number of nitrogens with one attached hydrogen (secondary N) is 1. The molecule has 1 rings (SSSR count). The molecule has 0 bridgehead atoms. The summed E-state index contributed by atoms with van der Waals surface area (Å²) in [6.07, 6.45) is -4.02. The van der Waals surface area contributed by atoms with E-state index >= 15 is 0 Å². The second-order valence-corrected chi connectivity index (χ2v) is 4.21. The van der Waals surface area contributed by atoms with E-state index in [0.29, 0.717) is 12.2 Å². The molecule has 0 spiro atoms. The Bertz CT molecular complexity index is 443. The summed E-state index contributed by atoms with van der Waals surface area (Å²) in [6.45, 7) is 2.39. The Hall–Kier alpha value is -1.96. The first-order valence-corrected chi connectivity index (χ1v) is 6.38. The summed E-state index contributed by atoms with van der Waals surface area (Å²) in [6, 6.07) is 4.42. The molecular weight excluding hydrogens is 289 g/mol. The van der Waals surface area contributed by atoms with Gasteiger partial charge in [0.05, 0.1) is 6.61 Å². The number of carbonyl (C=O) groups is 1. The molecule has 21 heavy (non-hydrogen) atoms. The fraction of sp³-hybridized carbons (Fsp3) is 0.462. The Morgan fingerprint density at radius 1 is 1.29 bits per heavy atom. The van der Waals surface area contributed by atoms with Crippen molar-refractivity contribution in [2.75, 3.05) is 25.0 Å². The molecule has 0 aromatic heterocycles. The van der Waals surface area contributed by atoms with E-state index in [1.54, 1.807) is 0 Å². The molecule has 2 amide bonds. The van der Waals surface area contributed by atoms with Crippen LogP contribution in [-0.2, 0) is 0 Å². The van der Waals surface area contributed by atoms with Crippen LogP contribution in [0, 0.1) is 0 Å². The third-order valence-electron chi connectivity index (χ3n) is 2.49. The molecule has 0 unspecified atom stereocenters. The molecule has 0 saturated carbocycles. The number of hydrogen-bond acceptors (Lipinski definition) is 3. The molecule has 0 fully saturated rings. The first-order valence-electron chi connectivity index (χ1n) is 6.38. The highest BCUT2D eigenvalue weighted by molar-refractivity contribution is 5.89. The molecule has 0 aliphatic rings. The van der Waals surface area contributed by atoms with Gasteiger partial charge < -0.3 is 20.1 Å². The average molecular weight is 306 g/mol. The lowest BCUT2D eigenvalue weighted by molar-refractivity contribution is -0.274. The highest BCUT2D eigenvalue weighted by Crippen LogP contribution is 2.24. The number of nitrogens with zero attached hydrogens (tertiary/aromatic N) is 1. The summed E-state index contributed by atoms with van der Waals surface area (Å²) in [5.41, 5.74) is 0.341. The maximum atomic E-state index is 12.0. The molecule has 0 radical (unpaired) electrons. The van der Waals surface area contributed by atoms with Crippen LogP contribution in [0.15, 0.2) is 24.3 Å². The molecule has 0 aliphatic carbocycles. The van der Waals surface area contributed by atoms with Crippen molar-refractivity contribution in [3.63, 3.8) is 0 Å². The number of benzene rings is 1. The number of ether oxygens (including phenoxy) is 1. The second-order valence-electron chi connectivity index (χ2n) is 4.21. The van der Waals surface area contributed by atoms with Gasteiger partial charge in [-0.1, -0.05) is 6.92 Å². The Balaban J connectivity index is 2.63. The van der Waals surface area contributed by atoms with Crippen molar-refractivity contribution in [1.29, 1.82) is 0 Å². The number of halogens is 3. The van der Waals surface area contributed by atoms with E-state index in [0.717, 1.165) is 18.6 Å². The van der Waals surface area contributed by atoms with Crippen molar-refractivity contribution < 1.29 is 27.8 Å². The molecule has 8 heteroatoms. The number of amides is 2. The minimum atomic E-state index is -4.75. The van der Waals surface area contributed by atoms with Gasteiger partial charge in [0.15, 0.2) is 0 Å². The maximum Gasteiger partial charge on any atom is 0.573 e. The number of hydrogen-bond donors (Lipinski definition) is 2. The number of anilines is 1. The van der Waals surface area contributed by atoms with Crippen LogP contribution >= 0.6 is 0 Å². The van der Waals surface area contributed by atoms with E-state index < -0.39 is 12.4 Å². The lowest BCUT2D eigenvalue weighted by Crippen LogP contribution is -2.37. The molecule has 0 aliphatic heterocycles. The fourth-order valence-electron chi connectivity index (χ4n) is 1.65. The van der Waals surface area contributed by atoms with Crippen LogP contribution in [0.2, 0.25) is 0 Å². The summed E-state index contributed by atoms with van der Waals surface area (Å²) in [5, 5.41) is 11.4. The predicted octanol–water partition coefficient (Wildman–Crippen LogP) is 2.82. The number of aliphatic hydroxyl groups is 1. The minimum absolute atomic E-state index is 0.161. The van der Waals surface area contributed by atoms with Crippen molar-refractivity contribution in [2.45, 2.75) is 19.7 Å². The Morgan fingerprint density at radius 3 is 2.38 bits per heavy atom. The van der Waals surface area contributed by atoms with Crippen LogP contribution in [0.5, 0.6) is 5.75 Å². The lowest BCUT2D eigenvalue weighted by Gasteiger charge is -2.21. The zero-order chi connectivity index (χ0) is 15.9. The summed E-state index contributed by atoms with van der Waals surface area (Å²) in [5.74, 6) is -0.360. The standard InChI is InChI=1S/C13H17F3N2O3/c1-2-7-18(8-9-19)12(20)17-10-3-5-11(6-4-10)21-13(14,15)16/h3-6,19H,2,7-9H2,1H3,(H,17,20). The van der Waals surface area contributed by atoms with Crippen LogP contribution in [0.3, 0.4) is 0 Å². The summed E-state index contributed by atoms with van der Waals surface area (Å²) >= 11 is 0. The average Bonchev–Trinajstić information content (AvgIpc) is 2.39. The largest absolute Gasteiger partial charge is 0.573 e. The molecule has 2 N–H and O–H groups in total. The van der Waals surface area contributed by atoms with E-state index in [4.69, 9.17) is 5.11 Å². The highest BCUT2D eigenvalue weighted by atomic mass is 19.4. The third-order valence-corrected chi connectivity index (χ3v) is 2.49. The van der Waals surface area contributed by atoms with Crippen molar-refractivity contribution in [3.05, 3.63) is 24.3 Å². The summed E-state index contributed by atoms with van der Waals surface area (Å²) < 4.78 is 39.7. The molecule has 0 saturated heterocycles. The van der Waals surface area contributed by atoms with Gasteiger partial charge in [0, 0.05) is 18.8 Å². The fourth-order valence-corrected chi connectivity index (χ4v) is 1.65. The van der Waals surface area contributed by atoms with Crippen molar-refractivity contribution in [2.24, 2.45) is 0 Å². The van der Waals surface area contributed by atoms with Gasteiger partial charge in [-0.15, -0.1) is 13.2 Å². The predicted molar refractivity (Wildman–Crippen MR) is 71.1 cm³/mol. The van der Waals surface area contributed by atoms with Crippen LogP contribution in [0.1, 0.15) is 13.3 Å². The van der Waals surface area contributed by atoms with Crippen LogP contribution < -0.4 is 10.1 Å². The number of rotatable bonds is 6. The van der Waals surface area contributed by atoms with E-state index in [-0.39, 0.29) is 18.9 Å². The smallest absolute Gasteiger partial charge is 0.406 e. The molecule has 118 valence electrons. The summed E-state index contributed by atoms with van der Waals surface area (Å²) in [4.78, 5) is 13.3. The van der Waals surface area contributed by atoms with Crippen LogP contribution in [-0.4, -0.2) is 42.1 Å². The van der Waals surface area contributed by atoms with Gasteiger partial charge in [0.2, 0.25) is 0 Å². The number of aliphatic hydroxyl groups excluding tert-OH is 1. The Kier molecular flexibility index (Phi) is 6.29. The van der Waals surface area contributed by atoms with E-state index in [9.17, 15) is 18.0 Å². The number of alkyl halides is 3. The normalized spacial score (nSPS) is 11.1. The SMILES string of the molecule is CCCN(CCO)C(=O)Nc1ccc(OC(F)(F)F)cc1. The quantitative estimate of drug-likeness (QED) is 0.849. The number of urea groups is 1. The molecule has 0 atom stereocenters. The summed E-state index contributed by atoms with van der Waals surface area (Å²) in [7, 11) is 0. The molecule has 1 aromatic carbocycles. The van der Waals surface area contributed by atoms with Crippen LogP contribution in [0.4, 0.5) is 23.7 Å². The van der Waals surface area contributed by atoms with E-state index in [1.807, 2.05) is 6.92 Å². The molecular formula is C13H17F3N2O3. The first kappa shape index (κ1) is 17.1. The monoisotopic (exact) mass is 306 g/mol. The molecule has 0 heterocycles. The van der Waals surface area contributed by atoms with E-state index in [1.165, 1.54) is 17.0 Å². The van der Waals surface area contributed by atoms with Gasteiger partial charge in [0.1, 0.15) is 5.75 Å².